The highest BCUT2D eigenvalue weighted by atomic mass is 19.1. The van der Waals surface area contributed by atoms with Gasteiger partial charge in [0.05, 0.1) is 0 Å². The Morgan fingerprint density at radius 1 is 1.10 bits per heavy atom. The van der Waals surface area contributed by atoms with Crippen molar-refractivity contribution in [3.63, 3.8) is 0 Å². The molecule has 0 aromatic heterocycles. The summed E-state index contributed by atoms with van der Waals surface area (Å²) in [6.07, 6.45) is 0.407. The van der Waals surface area contributed by atoms with Crippen LogP contribution < -0.4 is 0 Å². The molecule has 0 heterocycles. The van der Waals surface area contributed by atoms with Crippen LogP contribution in [0.4, 0.5) is 4.39 Å². The van der Waals surface area contributed by atoms with Crippen LogP contribution in [0.5, 0.6) is 0 Å². The number of halogens is 1. The van der Waals surface area contributed by atoms with E-state index in [2.05, 4.69) is 24.0 Å². The van der Waals surface area contributed by atoms with E-state index >= 15 is 0 Å². The number of carbonyl (C=O) groups excluding carboxylic acids is 1. The highest BCUT2D eigenvalue weighted by Gasteiger charge is 2.10. The minimum Gasteiger partial charge on any atom is -0.299 e. The van der Waals surface area contributed by atoms with Gasteiger partial charge < -0.3 is 0 Å². The van der Waals surface area contributed by atoms with Crippen LogP contribution in [-0.2, 0) is 6.54 Å². The quantitative estimate of drug-likeness (QED) is 0.719. The number of carbonyl (C=O) groups is 1. The Balaban J connectivity index is 1.89. The van der Waals surface area contributed by atoms with Crippen molar-refractivity contribution in [2.75, 3.05) is 13.1 Å². The highest BCUT2D eigenvalue weighted by molar-refractivity contribution is 5.96. The first-order valence-electron chi connectivity index (χ1n) is 7.24. The van der Waals surface area contributed by atoms with Crippen LogP contribution in [0.3, 0.4) is 0 Å². The van der Waals surface area contributed by atoms with E-state index in [9.17, 15) is 9.18 Å². The molecule has 110 valence electrons. The van der Waals surface area contributed by atoms with E-state index in [1.54, 1.807) is 12.1 Å². The molecule has 0 N–H and O–H groups in total. The molecule has 21 heavy (non-hydrogen) atoms. The third-order valence-electron chi connectivity index (χ3n) is 3.50. The zero-order valence-corrected chi connectivity index (χ0v) is 12.3. The maximum atomic E-state index is 13.1. The minimum absolute atomic E-state index is 0.0130. The number of Topliss-reactive ketones (excluding diaryl/α,β-unsaturated/α-hetero) is 1. The largest absolute Gasteiger partial charge is 0.299 e. The lowest BCUT2D eigenvalue weighted by atomic mass is 10.1. The summed E-state index contributed by atoms with van der Waals surface area (Å²) in [5.74, 6) is -0.376. The van der Waals surface area contributed by atoms with Gasteiger partial charge in [0.1, 0.15) is 5.82 Å². The normalized spacial score (nSPS) is 10.8. The van der Waals surface area contributed by atoms with Crippen molar-refractivity contribution in [3.8, 4) is 0 Å². The van der Waals surface area contributed by atoms with Crippen molar-refractivity contribution in [3.05, 3.63) is 71.5 Å². The predicted octanol–water partition coefficient (Wildman–Crippen LogP) is 3.92. The zero-order chi connectivity index (χ0) is 15.1. The van der Waals surface area contributed by atoms with E-state index in [0.717, 1.165) is 13.1 Å². The predicted molar refractivity (Wildman–Crippen MR) is 82.7 cm³/mol. The molecule has 2 aromatic rings. The van der Waals surface area contributed by atoms with Crippen LogP contribution >= 0.6 is 0 Å². The first-order valence-corrected chi connectivity index (χ1v) is 7.24. The number of hydrogen-bond acceptors (Lipinski definition) is 2. The Labute approximate surface area is 125 Å². The van der Waals surface area contributed by atoms with Gasteiger partial charge in [0, 0.05) is 25.1 Å². The van der Waals surface area contributed by atoms with Crippen LogP contribution in [0, 0.1) is 5.82 Å². The third-order valence-corrected chi connectivity index (χ3v) is 3.50. The molecular formula is C18H20FNO. The van der Waals surface area contributed by atoms with Gasteiger partial charge in [-0.2, -0.15) is 0 Å². The molecule has 0 aliphatic heterocycles. The molecule has 0 aliphatic rings. The Kier molecular flexibility index (Phi) is 5.64. The molecule has 0 aliphatic carbocycles. The summed E-state index contributed by atoms with van der Waals surface area (Å²) in [6, 6.07) is 16.1. The van der Waals surface area contributed by atoms with Gasteiger partial charge in [-0.25, -0.2) is 4.39 Å². The van der Waals surface area contributed by atoms with Crippen molar-refractivity contribution in [2.24, 2.45) is 0 Å². The van der Waals surface area contributed by atoms with Gasteiger partial charge in [-0.3, -0.25) is 9.69 Å². The second-order valence-corrected chi connectivity index (χ2v) is 5.04. The highest BCUT2D eigenvalue weighted by Crippen LogP contribution is 2.09. The Bertz CT molecular complexity index is 583. The fourth-order valence-electron chi connectivity index (χ4n) is 2.26. The maximum Gasteiger partial charge on any atom is 0.164 e. The summed E-state index contributed by atoms with van der Waals surface area (Å²) in [6.45, 7) is 4.47. The van der Waals surface area contributed by atoms with E-state index in [-0.39, 0.29) is 11.6 Å². The molecule has 0 radical (unpaired) electrons. The van der Waals surface area contributed by atoms with Crippen molar-refractivity contribution in [2.45, 2.75) is 19.9 Å². The van der Waals surface area contributed by atoms with Crippen LogP contribution in [0.2, 0.25) is 0 Å². The van der Waals surface area contributed by atoms with Crippen LogP contribution in [0.15, 0.2) is 54.6 Å². The molecule has 0 atom stereocenters. The van der Waals surface area contributed by atoms with Crippen molar-refractivity contribution < 1.29 is 9.18 Å². The Morgan fingerprint density at radius 2 is 1.86 bits per heavy atom. The molecule has 0 unspecified atom stereocenters. The molecule has 0 bridgehead atoms. The second kappa shape index (κ2) is 7.70. The van der Waals surface area contributed by atoms with Crippen LogP contribution in [0.1, 0.15) is 29.3 Å². The lowest BCUT2D eigenvalue weighted by molar-refractivity contribution is 0.0963. The molecule has 0 saturated heterocycles. The standard InChI is InChI=1S/C18H20FNO/c1-2-20(14-15-7-4-3-5-8-15)12-11-18(21)16-9-6-10-17(19)13-16/h3-10,13H,2,11-12,14H2,1H3. The zero-order valence-electron chi connectivity index (χ0n) is 12.3. The summed E-state index contributed by atoms with van der Waals surface area (Å²) in [5, 5.41) is 0. The van der Waals surface area contributed by atoms with Gasteiger partial charge in [0.25, 0.3) is 0 Å². The Hall–Kier alpha value is -2.00. The van der Waals surface area contributed by atoms with E-state index in [4.69, 9.17) is 0 Å². The first-order chi connectivity index (χ1) is 10.2. The van der Waals surface area contributed by atoms with Crippen LogP contribution in [-0.4, -0.2) is 23.8 Å². The third kappa shape index (κ3) is 4.80. The molecule has 0 saturated carbocycles. The van der Waals surface area contributed by atoms with E-state index < -0.39 is 0 Å². The lowest BCUT2D eigenvalue weighted by Crippen LogP contribution is -2.25. The number of rotatable bonds is 7. The smallest absolute Gasteiger partial charge is 0.164 e. The summed E-state index contributed by atoms with van der Waals surface area (Å²) >= 11 is 0. The fraction of sp³-hybridized carbons (Fsp3) is 0.278. The van der Waals surface area contributed by atoms with Crippen molar-refractivity contribution in [1.82, 2.24) is 4.90 Å². The number of nitrogens with zero attached hydrogens (tertiary/aromatic N) is 1. The van der Waals surface area contributed by atoms with Crippen molar-refractivity contribution in [1.29, 1.82) is 0 Å². The van der Waals surface area contributed by atoms with Gasteiger partial charge in [0.2, 0.25) is 0 Å². The van der Waals surface area contributed by atoms with E-state index in [0.29, 0.717) is 18.5 Å². The minimum atomic E-state index is -0.363. The molecule has 0 fully saturated rings. The summed E-state index contributed by atoms with van der Waals surface area (Å²) in [4.78, 5) is 14.3. The lowest BCUT2D eigenvalue weighted by Gasteiger charge is -2.20. The molecule has 2 nitrogen and oxygen atoms in total. The molecule has 3 heteroatoms. The van der Waals surface area contributed by atoms with Gasteiger partial charge in [-0.15, -0.1) is 0 Å². The second-order valence-electron chi connectivity index (χ2n) is 5.04. The monoisotopic (exact) mass is 285 g/mol. The van der Waals surface area contributed by atoms with E-state index in [1.807, 2.05) is 18.2 Å². The molecule has 2 rings (SSSR count). The van der Waals surface area contributed by atoms with Gasteiger partial charge in [-0.05, 0) is 24.2 Å². The Morgan fingerprint density at radius 3 is 2.52 bits per heavy atom. The summed E-state index contributed by atoms with van der Waals surface area (Å²) in [5.41, 5.74) is 1.68. The average molecular weight is 285 g/mol. The van der Waals surface area contributed by atoms with Gasteiger partial charge in [0.15, 0.2) is 5.78 Å². The van der Waals surface area contributed by atoms with Gasteiger partial charge in [-0.1, -0.05) is 49.4 Å². The number of ketones is 1. The summed E-state index contributed by atoms with van der Waals surface area (Å²) < 4.78 is 13.1. The number of benzene rings is 2. The molecule has 0 spiro atoms. The molecule has 2 aromatic carbocycles. The molecular weight excluding hydrogens is 265 g/mol. The molecule has 0 amide bonds. The fourth-order valence-corrected chi connectivity index (χ4v) is 2.26. The summed E-state index contributed by atoms with van der Waals surface area (Å²) in [7, 11) is 0. The number of hydrogen-bond donors (Lipinski definition) is 0. The SMILES string of the molecule is CCN(CCC(=O)c1cccc(F)c1)Cc1ccccc1. The topological polar surface area (TPSA) is 20.3 Å². The van der Waals surface area contributed by atoms with E-state index in [1.165, 1.54) is 17.7 Å². The van der Waals surface area contributed by atoms with Gasteiger partial charge >= 0.3 is 0 Å². The maximum absolute atomic E-state index is 13.1. The van der Waals surface area contributed by atoms with Crippen LogP contribution in [0.25, 0.3) is 0 Å². The van der Waals surface area contributed by atoms with Crippen molar-refractivity contribution >= 4 is 5.78 Å². The average Bonchev–Trinajstić information content (AvgIpc) is 2.52. The first kappa shape index (κ1) is 15.4.